The number of rotatable bonds is 3. The molecule has 0 atom stereocenters. The molecule has 0 rings (SSSR count). The summed E-state index contributed by atoms with van der Waals surface area (Å²) in [6, 6.07) is 0. The molecular formula is C3H10NO3P. The molecule has 0 aromatic heterocycles. The molecule has 8 heavy (non-hydrogen) atoms. The fraction of sp³-hybridized carbons (Fsp3) is 1.00. The van der Waals surface area contributed by atoms with Crippen molar-refractivity contribution in [2.24, 2.45) is 5.73 Å². The third kappa shape index (κ3) is 6.11. The van der Waals surface area contributed by atoms with Crippen molar-refractivity contribution in [3.05, 3.63) is 0 Å². The van der Waals surface area contributed by atoms with Crippen LogP contribution in [0.2, 0.25) is 0 Å². The number of hydrogen-bond donors (Lipinski definition) is 3. The zero-order valence-corrected chi connectivity index (χ0v) is 5.34. The Morgan fingerprint density at radius 2 is 2.00 bits per heavy atom. The first-order valence-electron chi connectivity index (χ1n) is 2.31. The van der Waals surface area contributed by atoms with Crippen LogP contribution in [0.3, 0.4) is 0 Å². The molecule has 0 fully saturated rings. The van der Waals surface area contributed by atoms with Gasteiger partial charge in [-0.15, -0.1) is 0 Å². The van der Waals surface area contributed by atoms with E-state index in [-0.39, 0.29) is 6.16 Å². The predicted molar refractivity (Wildman–Crippen MR) is 30.6 cm³/mol. The second-order valence-corrected chi connectivity index (χ2v) is 3.31. The van der Waals surface area contributed by atoms with Gasteiger partial charge in [0.1, 0.15) is 0 Å². The van der Waals surface area contributed by atoms with Crippen LogP contribution < -0.4 is 5.73 Å². The highest BCUT2D eigenvalue weighted by molar-refractivity contribution is 7.51. The molecule has 50 valence electrons. The molecule has 0 aliphatic heterocycles. The molecule has 0 heterocycles. The van der Waals surface area contributed by atoms with Crippen molar-refractivity contribution in [2.75, 3.05) is 12.7 Å². The first-order valence-corrected chi connectivity index (χ1v) is 4.10. The number of nitrogens with two attached hydrogens (primary N) is 1. The van der Waals surface area contributed by atoms with Gasteiger partial charge in [0.15, 0.2) is 0 Å². The van der Waals surface area contributed by atoms with Gasteiger partial charge in [-0.05, 0) is 13.0 Å². The maximum atomic E-state index is 10.0. The van der Waals surface area contributed by atoms with E-state index >= 15 is 0 Å². The molecule has 0 saturated heterocycles. The van der Waals surface area contributed by atoms with Crippen LogP contribution in [0.1, 0.15) is 6.42 Å². The Hall–Kier alpha value is 0.110. The summed E-state index contributed by atoms with van der Waals surface area (Å²) < 4.78 is 10.0. The highest BCUT2D eigenvalue weighted by Gasteiger charge is 2.09. The minimum atomic E-state index is -3.76. The summed E-state index contributed by atoms with van der Waals surface area (Å²) >= 11 is 0. The molecule has 4 nitrogen and oxygen atoms in total. The van der Waals surface area contributed by atoms with E-state index in [1.807, 2.05) is 0 Å². The zero-order valence-electron chi connectivity index (χ0n) is 4.45. The third-order valence-electron chi connectivity index (χ3n) is 0.654. The van der Waals surface area contributed by atoms with E-state index in [0.29, 0.717) is 13.0 Å². The number of hydrogen-bond acceptors (Lipinski definition) is 2. The van der Waals surface area contributed by atoms with Gasteiger partial charge in [0.05, 0.1) is 6.16 Å². The summed E-state index contributed by atoms with van der Waals surface area (Å²) in [5.41, 5.74) is 4.99. The zero-order chi connectivity index (χ0) is 6.62. The Morgan fingerprint density at radius 1 is 1.50 bits per heavy atom. The van der Waals surface area contributed by atoms with Gasteiger partial charge < -0.3 is 15.5 Å². The van der Waals surface area contributed by atoms with Gasteiger partial charge in [0.25, 0.3) is 0 Å². The maximum absolute atomic E-state index is 10.0. The van der Waals surface area contributed by atoms with Crippen LogP contribution in [-0.4, -0.2) is 22.5 Å². The average molecular weight is 142 g/mol. The lowest BCUT2D eigenvalue weighted by Gasteiger charge is -1.98. The van der Waals surface area contributed by atoms with Crippen molar-refractivity contribution in [2.45, 2.75) is 6.42 Å². The van der Waals surface area contributed by atoms with Crippen LogP contribution in [0.4, 0.5) is 0 Å². The predicted octanol–water partition coefficient (Wildman–Crippen LogP) is -0.487. The molecule has 0 aliphatic carbocycles. The van der Waals surface area contributed by atoms with Gasteiger partial charge in [-0.25, -0.2) is 0 Å². The average Bonchev–Trinajstić information content (AvgIpc) is 1.59. The fourth-order valence-corrected chi connectivity index (χ4v) is 0.892. The summed E-state index contributed by atoms with van der Waals surface area (Å²) in [5, 5.41) is 0. The van der Waals surface area contributed by atoms with Crippen LogP contribution in [0, 0.1) is 0 Å². The Morgan fingerprint density at radius 3 is 2.12 bits per heavy atom. The highest BCUT2D eigenvalue weighted by Crippen LogP contribution is 2.34. The third-order valence-corrected chi connectivity index (χ3v) is 1.55. The topological polar surface area (TPSA) is 83.6 Å². The minimum Gasteiger partial charge on any atom is -0.330 e. The van der Waals surface area contributed by atoms with E-state index in [4.69, 9.17) is 15.5 Å². The lowest BCUT2D eigenvalue weighted by molar-refractivity contribution is 0.372. The molecule has 0 saturated carbocycles. The van der Waals surface area contributed by atoms with E-state index in [0.717, 1.165) is 0 Å². The quantitative estimate of drug-likeness (QED) is 0.367. The smallest absolute Gasteiger partial charge is 0.325 e. The van der Waals surface area contributed by atoms with Crippen LogP contribution in [0.5, 0.6) is 0 Å². The van der Waals surface area contributed by atoms with Crippen molar-refractivity contribution in [1.29, 1.82) is 0 Å². The van der Waals surface area contributed by atoms with Gasteiger partial charge in [-0.2, -0.15) is 0 Å². The Bertz CT molecular complexity index is 98.7. The standard InChI is InChI=1S/C3H10NO3P/c4-2-1-3-8(5,6)7/h1-4H2,(H2,5,6,7)/i1+1,2+1,3+1. The molecule has 0 unspecified atom stereocenters. The molecule has 0 spiro atoms. The van der Waals surface area contributed by atoms with Crippen LogP contribution in [-0.2, 0) is 4.57 Å². The lowest BCUT2D eigenvalue weighted by atomic mass is 11.5. The Balaban J connectivity index is 3.26. The van der Waals surface area contributed by atoms with E-state index in [2.05, 4.69) is 0 Å². The first-order chi connectivity index (χ1) is 3.56. The van der Waals surface area contributed by atoms with Gasteiger partial charge in [0, 0.05) is 0 Å². The van der Waals surface area contributed by atoms with Crippen molar-refractivity contribution < 1.29 is 14.4 Å². The monoisotopic (exact) mass is 142 g/mol. The van der Waals surface area contributed by atoms with Crippen molar-refractivity contribution in [3.63, 3.8) is 0 Å². The summed E-state index contributed by atoms with van der Waals surface area (Å²) in [6.07, 6.45) is 0.299. The molecule has 4 N–H and O–H groups in total. The van der Waals surface area contributed by atoms with E-state index < -0.39 is 7.60 Å². The second-order valence-electron chi connectivity index (χ2n) is 1.53. The van der Waals surface area contributed by atoms with Gasteiger partial charge >= 0.3 is 7.60 Å². The maximum Gasteiger partial charge on any atom is 0.325 e. The molecular weight excluding hydrogens is 132 g/mol. The molecule has 0 aliphatic rings. The van der Waals surface area contributed by atoms with Gasteiger partial charge in [-0.1, -0.05) is 0 Å². The van der Waals surface area contributed by atoms with Crippen molar-refractivity contribution >= 4 is 7.60 Å². The lowest BCUT2D eigenvalue weighted by Crippen LogP contribution is -2.01. The minimum absolute atomic E-state index is 0.0938. The van der Waals surface area contributed by atoms with E-state index in [9.17, 15) is 4.57 Å². The van der Waals surface area contributed by atoms with Crippen LogP contribution in [0.15, 0.2) is 0 Å². The largest absolute Gasteiger partial charge is 0.330 e. The summed E-state index contributed by atoms with van der Waals surface area (Å²) in [5.74, 6) is 0. The molecule has 0 aromatic rings. The van der Waals surface area contributed by atoms with Crippen LogP contribution in [0.25, 0.3) is 0 Å². The molecule has 0 bridgehead atoms. The molecule has 5 heteroatoms. The second kappa shape index (κ2) is 3.20. The fourth-order valence-electron chi connectivity index (χ4n) is 0.297. The normalized spacial score (nSPS) is 11.9. The summed E-state index contributed by atoms with van der Waals surface area (Å²) in [6.45, 7) is 0.338. The van der Waals surface area contributed by atoms with Crippen molar-refractivity contribution in [1.82, 2.24) is 0 Å². The molecule has 0 radical (unpaired) electrons. The van der Waals surface area contributed by atoms with E-state index in [1.165, 1.54) is 0 Å². The highest BCUT2D eigenvalue weighted by atomic mass is 31.2. The first kappa shape index (κ1) is 8.11. The summed E-state index contributed by atoms with van der Waals surface area (Å²) in [7, 11) is -3.76. The van der Waals surface area contributed by atoms with Crippen molar-refractivity contribution in [3.8, 4) is 0 Å². The van der Waals surface area contributed by atoms with Gasteiger partial charge in [0.2, 0.25) is 0 Å². The Kier molecular flexibility index (Phi) is 3.24. The molecule has 0 amide bonds. The summed E-state index contributed by atoms with van der Waals surface area (Å²) in [4.78, 5) is 16.4. The molecule has 0 aromatic carbocycles. The van der Waals surface area contributed by atoms with E-state index in [1.54, 1.807) is 0 Å². The SMILES string of the molecule is N[13CH2][13CH2][13CH2]P(=O)(O)O. The Labute approximate surface area is 47.9 Å². The van der Waals surface area contributed by atoms with Crippen LogP contribution >= 0.6 is 7.60 Å². The van der Waals surface area contributed by atoms with Gasteiger partial charge in [-0.3, -0.25) is 4.57 Å².